The van der Waals surface area contributed by atoms with Crippen LogP contribution in [0.3, 0.4) is 0 Å². The van der Waals surface area contributed by atoms with Crippen LogP contribution < -0.4 is 0 Å². The molecule has 0 spiro atoms. The Morgan fingerprint density at radius 3 is 1.33 bits per heavy atom. The fourth-order valence-corrected chi connectivity index (χ4v) is 4.85. The molecule has 0 aromatic carbocycles. The molecule has 0 amide bonds. The molecule has 2 nitrogen and oxygen atoms in total. The number of rotatable bonds is 22. The molecule has 1 aliphatic heterocycles. The van der Waals surface area contributed by atoms with E-state index in [2.05, 4.69) is 43.0 Å². The van der Waals surface area contributed by atoms with Gasteiger partial charge in [0.15, 0.2) is 0 Å². The van der Waals surface area contributed by atoms with Gasteiger partial charge in [0.25, 0.3) is 0 Å². The van der Waals surface area contributed by atoms with Crippen LogP contribution in [0.4, 0.5) is 0 Å². The molecule has 178 valence electrons. The van der Waals surface area contributed by atoms with Crippen LogP contribution in [0.25, 0.3) is 0 Å². The minimum absolute atomic E-state index is 0.638. The molecule has 0 aromatic rings. The Labute approximate surface area is 190 Å². The lowest BCUT2D eigenvalue weighted by Gasteiger charge is -2.32. The van der Waals surface area contributed by atoms with E-state index in [0.29, 0.717) is 6.17 Å². The summed E-state index contributed by atoms with van der Waals surface area (Å²) in [6.07, 6.45) is 33.9. The molecule has 0 aromatic heterocycles. The lowest BCUT2D eigenvalue weighted by Crippen LogP contribution is -2.38. The van der Waals surface area contributed by atoms with Gasteiger partial charge in [0.2, 0.25) is 0 Å². The van der Waals surface area contributed by atoms with Crippen LogP contribution in [0, 0.1) is 0 Å². The van der Waals surface area contributed by atoms with Gasteiger partial charge >= 0.3 is 0 Å². The lowest BCUT2D eigenvalue weighted by atomic mass is 10.0. The minimum Gasteiger partial charge on any atom is -0.356 e. The molecule has 0 radical (unpaired) electrons. The Kier molecular flexibility index (Phi) is 18.5. The Bertz CT molecular complexity index is 379. The lowest BCUT2D eigenvalue weighted by molar-refractivity contribution is 0.142. The van der Waals surface area contributed by atoms with Crippen LogP contribution in [0.1, 0.15) is 149 Å². The van der Waals surface area contributed by atoms with Crippen molar-refractivity contribution in [3.8, 4) is 0 Å². The Morgan fingerprint density at radius 1 is 0.467 bits per heavy atom. The summed E-state index contributed by atoms with van der Waals surface area (Å²) in [6.45, 7) is 9.29. The number of hydrogen-bond acceptors (Lipinski definition) is 2. The van der Waals surface area contributed by atoms with Crippen molar-refractivity contribution in [2.75, 3.05) is 13.1 Å². The van der Waals surface area contributed by atoms with Crippen molar-refractivity contribution in [3.05, 3.63) is 12.4 Å². The van der Waals surface area contributed by atoms with Crippen LogP contribution in [0.5, 0.6) is 0 Å². The molecule has 1 rings (SSSR count). The minimum atomic E-state index is 0.638. The number of nitrogens with zero attached hydrogens (tertiary/aromatic N) is 2. The highest BCUT2D eigenvalue weighted by Crippen LogP contribution is 2.22. The SMILES string of the molecule is CCCCCCCCCCCCCCCCCN1C=CN(CC)C1CCCCCC. The topological polar surface area (TPSA) is 6.48 Å². The molecular weight excluding hydrogens is 364 g/mol. The first kappa shape index (κ1) is 27.4. The van der Waals surface area contributed by atoms with Crippen molar-refractivity contribution in [3.63, 3.8) is 0 Å². The first-order chi connectivity index (χ1) is 14.8. The van der Waals surface area contributed by atoms with Crippen molar-refractivity contribution in [1.82, 2.24) is 9.80 Å². The molecule has 0 saturated carbocycles. The number of hydrogen-bond donors (Lipinski definition) is 0. The van der Waals surface area contributed by atoms with Crippen molar-refractivity contribution in [2.24, 2.45) is 0 Å². The molecule has 1 unspecified atom stereocenters. The predicted octanol–water partition coefficient (Wildman–Crippen LogP) is 9.26. The van der Waals surface area contributed by atoms with Crippen LogP contribution in [0.2, 0.25) is 0 Å². The average molecular weight is 421 g/mol. The predicted molar refractivity (Wildman–Crippen MR) is 136 cm³/mol. The Balaban J connectivity index is 1.92. The summed E-state index contributed by atoms with van der Waals surface area (Å²) in [5.41, 5.74) is 0. The van der Waals surface area contributed by atoms with Gasteiger partial charge in [-0.1, -0.05) is 123 Å². The van der Waals surface area contributed by atoms with E-state index in [0.717, 1.165) is 6.54 Å². The molecule has 1 atom stereocenters. The van der Waals surface area contributed by atoms with E-state index in [1.165, 1.54) is 135 Å². The van der Waals surface area contributed by atoms with Gasteiger partial charge < -0.3 is 9.80 Å². The highest BCUT2D eigenvalue weighted by molar-refractivity contribution is 4.96. The van der Waals surface area contributed by atoms with Crippen molar-refractivity contribution >= 4 is 0 Å². The van der Waals surface area contributed by atoms with E-state index in [9.17, 15) is 0 Å². The summed E-state index contributed by atoms with van der Waals surface area (Å²) < 4.78 is 0. The second-order valence-corrected chi connectivity index (χ2v) is 9.65. The zero-order valence-electron chi connectivity index (χ0n) is 21.2. The van der Waals surface area contributed by atoms with E-state index >= 15 is 0 Å². The molecule has 0 saturated heterocycles. The third kappa shape index (κ3) is 13.6. The second-order valence-electron chi connectivity index (χ2n) is 9.65. The molecule has 0 fully saturated rings. The van der Waals surface area contributed by atoms with E-state index < -0.39 is 0 Å². The van der Waals surface area contributed by atoms with Gasteiger partial charge in [-0.05, 0) is 26.2 Å². The maximum atomic E-state index is 2.62. The molecule has 0 aliphatic carbocycles. The van der Waals surface area contributed by atoms with E-state index in [1.807, 2.05) is 0 Å². The first-order valence-corrected chi connectivity index (χ1v) is 14.0. The zero-order valence-corrected chi connectivity index (χ0v) is 21.2. The van der Waals surface area contributed by atoms with Gasteiger partial charge in [0.1, 0.15) is 6.17 Å². The maximum Gasteiger partial charge on any atom is 0.101 e. The fourth-order valence-electron chi connectivity index (χ4n) is 4.85. The van der Waals surface area contributed by atoms with E-state index in [-0.39, 0.29) is 0 Å². The number of unbranched alkanes of at least 4 members (excludes halogenated alkanes) is 17. The van der Waals surface area contributed by atoms with Gasteiger partial charge in [0.05, 0.1) is 0 Å². The Morgan fingerprint density at radius 2 is 0.867 bits per heavy atom. The summed E-state index contributed by atoms with van der Waals surface area (Å²) in [5.74, 6) is 0. The van der Waals surface area contributed by atoms with Crippen LogP contribution in [-0.4, -0.2) is 29.1 Å². The van der Waals surface area contributed by atoms with Crippen molar-refractivity contribution < 1.29 is 0 Å². The standard InChI is InChI=1S/C28H56N2/c1-4-7-9-11-12-13-14-15-16-17-18-19-20-21-23-25-30-27-26-29(6-3)28(30)24-22-10-8-5-2/h26-28H,4-25H2,1-3H3. The summed E-state index contributed by atoms with van der Waals surface area (Å²) in [4.78, 5) is 5.16. The highest BCUT2D eigenvalue weighted by atomic mass is 15.4. The fraction of sp³-hybridized carbons (Fsp3) is 0.929. The average Bonchev–Trinajstić information content (AvgIpc) is 3.15. The van der Waals surface area contributed by atoms with Crippen LogP contribution in [-0.2, 0) is 0 Å². The molecule has 0 N–H and O–H groups in total. The largest absolute Gasteiger partial charge is 0.356 e. The van der Waals surface area contributed by atoms with Gasteiger partial charge in [-0.3, -0.25) is 0 Å². The molecule has 1 aliphatic rings. The summed E-state index contributed by atoms with van der Waals surface area (Å²) in [7, 11) is 0. The second kappa shape index (κ2) is 20.3. The van der Waals surface area contributed by atoms with E-state index in [4.69, 9.17) is 0 Å². The van der Waals surface area contributed by atoms with Gasteiger partial charge in [0, 0.05) is 25.5 Å². The quantitative estimate of drug-likeness (QED) is 0.161. The summed E-state index contributed by atoms with van der Waals surface area (Å²) in [5, 5.41) is 0. The van der Waals surface area contributed by atoms with Crippen LogP contribution >= 0.6 is 0 Å². The van der Waals surface area contributed by atoms with Crippen LogP contribution in [0.15, 0.2) is 12.4 Å². The summed E-state index contributed by atoms with van der Waals surface area (Å²) >= 11 is 0. The smallest absolute Gasteiger partial charge is 0.101 e. The van der Waals surface area contributed by atoms with Gasteiger partial charge in [-0.25, -0.2) is 0 Å². The third-order valence-corrected chi connectivity index (χ3v) is 6.92. The third-order valence-electron chi connectivity index (χ3n) is 6.92. The van der Waals surface area contributed by atoms with Crippen molar-refractivity contribution in [1.29, 1.82) is 0 Å². The first-order valence-electron chi connectivity index (χ1n) is 14.0. The van der Waals surface area contributed by atoms with E-state index in [1.54, 1.807) is 0 Å². The maximum absolute atomic E-state index is 2.62. The summed E-state index contributed by atoms with van der Waals surface area (Å²) in [6, 6.07) is 0. The molecule has 30 heavy (non-hydrogen) atoms. The zero-order chi connectivity index (χ0) is 21.7. The monoisotopic (exact) mass is 420 g/mol. The van der Waals surface area contributed by atoms with Gasteiger partial charge in [-0.15, -0.1) is 0 Å². The molecule has 1 heterocycles. The molecule has 0 bridgehead atoms. The normalized spacial score (nSPS) is 16.2. The molecular formula is C28H56N2. The highest BCUT2D eigenvalue weighted by Gasteiger charge is 2.23. The molecule has 2 heteroatoms. The van der Waals surface area contributed by atoms with Gasteiger partial charge in [-0.2, -0.15) is 0 Å². The Hall–Kier alpha value is -0.660. The van der Waals surface area contributed by atoms with Crippen molar-refractivity contribution in [2.45, 2.75) is 155 Å².